The van der Waals surface area contributed by atoms with Gasteiger partial charge in [0.2, 0.25) is 10.0 Å². The van der Waals surface area contributed by atoms with Crippen molar-refractivity contribution in [3.05, 3.63) is 29.8 Å². The van der Waals surface area contributed by atoms with E-state index in [0.29, 0.717) is 0 Å². The lowest BCUT2D eigenvalue weighted by atomic mass is 10.2. The van der Waals surface area contributed by atoms with Crippen LogP contribution in [-0.2, 0) is 19.6 Å². The van der Waals surface area contributed by atoms with Gasteiger partial charge in [-0.05, 0) is 25.5 Å². The van der Waals surface area contributed by atoms with Crippen LogP contribution in [0.3, 0.4) is 0 Å². The van der Waals surface area contributed by atoms with Crippen LogP contribution in [0, 0.1) is 6.92 Å². The number of hydrogen-bond acceptors (Lipinski definition) is 6. The van der Waals surface area contributed by atoms with Crippen molar-refractivity contribution in [1.29, 1.82) is 0 Å². The molecule has 0 amide bonds. The van der Waals surface area contributed by atoms with Crippen LogP contribution in [0.4, 0.5) is 0 Å². The number of aryl methyl sites for hydroxylation is 1. The van der Waals surface area contributed by atoms with Crippen molar-refractivity contribution in [3.8, 4) is 0 Å². The molecule has 2 N–H and O–H groups in total. The predicted octanol–water partition coefficient (Wildman–Crippen LogP) is 0.278. The number of carbonyl (C=O) groups is 1. The van der Waals surface area contributed by atoms with Gasteiger partial charge in [-0.25, -0.2) is 13.9 Å². The third kappa shape index (κ3) is 3.08. The first-order valence-electron chi connectivity index (χ1n) is 6.46. The Balaban J connectivity index is 2.36. The molecule has 1 aliphatic rings. The molecule has 1 fully saturated rings. The Morgan fingerprint density at radius 2 is 2.00 bits per heavy atom. The van der Waals surface area contributed by atoms with E-state index in [9.17, 15) is 13.2 Å². The monoisotopic (exact) mass is 314 g/mol. The third-order valence-corrected chi connectivity index (χ3v) is 5.43. The molecule has 1 aromatic carbocycles. The fraction of sp³-hybridized carbons (Fsp3) is 0.462. The second kappa shape index (κ2) is 6.10. The molecular weight excluding hydrogens is 296 g/mol. The van der Waals surface area contributed by atoms with E-state index in [4.69, 9.17) is 5.21 Å². The van der Waals surface area contributed by atoms with Gasteiger partial charge >= 0.3 is 5.97 Å². The molecule has 1 aromatic rings. The average Bonchev–Trinajstić information content (AvgIpc) is 2.92. The molecular formula is C13H18N2O5S. The minimum Gasteiger partial charge on any atom is -0.468 e. The van der Waals surface area contributed by atoms with Gasteiger partial charge in [0.15, 0.2) is 0 Å². The molecule has 0 saturated carbocycles. The molecule has 1 heterocycles. The molecule has 0 bridgehead atoms. The molecule has 1 aliphatic heterocycles. The van der Waals surface area contributed by atoms with Crippen LogP contribution >= 0.6 is 0 Å². The van der Waals surface area contributed by atoms with Crippen molar-refractivity contribution in [3.63, 3.8) is 0 Å². The quantitative estimate of drug-likeness (QED) is 0.612. The lowest BCUT2D eigenvalue weighted by Gasteiger charge is -2.22. The maximum atomic E-state index is 12.6. The van der Waals surface area contributed by atoms with Crippen molar-refractivity contribution in [1.82, 2.24) is 9.79 Å². The molecule has 8 heteroatoms. The van der Waals surface area contributed by atoms with Gasteiger partial charge in [0.1, 0.15) is 6.04 Å². The van der Waals surface area contributed by atoms with Crippen molar-refractivity contribution in [2.45, 2.75) is 30.3 Å². The summed E-state index contributed by atoms with van der Waals surface area (Å²) in [5.74, 6) is -0.636. The maximum Gasteiger partial charge on any atom is 0.324 e. The van der Waals surface area contributed by atoms with Crippen LogP contribution in [0.25, 0.3) is 0 Å². The van der Waals surface area contributed by atoms with Crippen molar-refractivity contribution in [2.24, 2.45) is 0 Å². The van der Waals surface area contributed by atoms with E-state index in [-0.39, 0.29) is 17.9 Å². The van der Waals surface area contributed by atoms with Gasteiger partial charge in [-0.3, -0.25) is 4.79 Å². The summed E-state index contributed by atoms with van der Waals surface area (Å²) in [5.41, 5.74) is 2.96. The summed E-state index contributed by atoms with van der Waals surface area (Å²) in [4.78, 5) is 11.9. The first-order chi connectivity index (χ1) is 9.90. The molecule has 2 atom stereocenters. The number of sulfonamides is 1. The first-order valence-corrected chi connectivity index (χ1v) is 7.90. The smallest absolute Gasteiger partial charge is 0.324 e. The SMILES string of the molecule is COC(=O)C1CC(NO)CN1S(=O)(=O)c1ccc(C)cc1. The van der Waals surface area contributed by atoms with Crippen LogP contribution in [0.1, 0.15) is 12.0 Å². The largest absolute Gasteiger partial charge is 0.468 e. The van der Waals surface area contributed by atoms with Gasteiger partial charge in [0.05, 0.1) is 12.0 Å². The molecule has 2 rings (SSSR count). The highest BCUT2D eigenvalue weighted by molar-refractivity contribution is 7.89. The number of nitrogens with one attached hydrogen (secondary N) is 1. The van der Waals surface area contributed by atoms with Crippen molar-refractivity contribution in [2.75, 3.05) is 13.7 Å². The van der Waals surface area contributed by atoms with E-state index in [2.05, 4.69) is 4.74 Å². The zero-order valence-electron chi connectivity index (χ0n) is 11.8. The first kappa shape index (κ1) is 15.9. The van der Waals surface area contributed by atoms with Crippen LogP contribution in [-0.4, -0.2) is 49.6 Å². The summed E-state index contributed by atoms with van der Waals surface area (Å²) in [6.07, 6.45) is 0.161. The Kier molecular flexibility index (Phi) is 4.62. The molecule has 1 saturated heterocycles. The highest BCUT2D eigenvalue weighted by atomic mass is 32.2. The second-order valence-electron chi connectivity index (χ2n) is 4.99. The Morgan fingerprint density at radius 3 is 2.52 bits per heavy atom. The van der Waals surface area contributed by atoms with Gasteiger partial charge in [-0.2, -0.15) is 4.31 Å². The Hall–Kier alpha value is -1.48. The van der Waals surface area contributed by atoms with Crippen LogP contribution in [0.2, 0.25) is 0 Å². The number of methoxy groups -OCH3 is 1. The zero-order valence-corrected chi connectivity index (χ0v) is 12.6. The van der Waals surface area contributed by atoms with Gasteiger partial charge in [-0.1, -0.05) is 17.7 Å². The summed E-state index contributed by atoms with van der Waals surface area (Å²) >= 11 is 0. The normalized spacial score (nSPS) is 23.2. The van der Waals surface area contributed by atoms with Crippen LogP contribution in [0.5, 0.6) is 0 Å². The van der Waals surface area contributed by atoms with Gasteiger partial charge < -0.3 is 9.94 Å². The third-order valence-electron chi connectivity index (χ3n) is 3.54. The summed E-state index contributed by atoms with van der Waals surface area (Å²) < 4.78 is 31.0. The number of nitrogens with zero attached hydrogens (tertiary/aromatic N) is 1. The number of hydroxylamine groups is 1. The number of hydrogen-bond donors (Lipinski definition) is 2. The summed E-state index contributed by atoms with van der Waals surface area (Å²) in [6.45, 7) is 1.86. The van der Waals surface area contributed by atoms with Gasteiger partial charge in [0.25, 0.3) is 0 Å². The molecule has 116 valence electrons. The second-order valence-corrected chi connectivity index (χ2v) is 6.88. The van der Waals surface area contributed by atoms with E-state index in [0.717, 1.165) is 9.87 Å². The minimum atomic E-state index is -3.82. The zero-order chi connectivity index (χ0) is 15.6. The summed E-state index contributed by atoms with van der Waals surface area (Å²) in [6, 6.07) is 4.94. The molecule has 7 nitrogen and oxygen atoms in total. The molecule has 0 spiro atoms. The van der Waals surface area contributed by atoms with Crippen LogP contribution < -0.4 is 5.48 Å². The number of carbonyl (C=O) groups excluding carboxylic acids is 1. The van der Waals surface area contributed by atoms with E-state index >= 15 is 0 Å². The molecule has 2 unspecified atom stereocenters. The fourth-order valence-electron chi connectivity index (χ4n) is 2.36. The van der Waals surface area contributed by atoms with Crippen molar-refractivity contribution < 1.29 is 23.2 Å². The minimum absolute atomic E-state index is 0.00643. The van der Waals surface area contributed by atoms with E-state index in [1.165, 1.54) is 19.2 Å². The molecule has 0 aromatic heterocycles. The number of rotatable bonds is 4. The highest BCUT2D eigenvalue weighted by Crippen LogP contribution is 2.27. The standard InChI is InChI=1S/C13H18N2O5S/c1-9-3-5-11(6-4-9)21(18,19)15-8-10(14-17)7-12(15)13(16)20-2/h3-6,10,12,14,17H,7-8H2,1-2H3. The summed E-state index contributed by atoms with van der Waals surface area (Å²) in [5, 5.41) is 9.01. The maximum absolute atomic E-state index is 12.6. The lowest BCUT2D eigenvalue weighted by molar-refractivity contribution is -0.144. The van der Waals surface area contributed by atoms with E-state index in [1.807, 2.05) is 12.4 Å². The van der Waals surface area contributed by atoms with E-state index in [1.54, 1.807) is 12.1 Å². The van der Waals surface area contributed by atoms with Gasteiger partial charge in [-0.15, -0.1) is 0 Å². The molecule has 21 heavy (non-hydrogen) atoms. The molecule has 0 radical (unpaired) electrons. The summed E-state index contributed by atoms with van der Waals surface area (Å²) in [7, 11) is -2.61. The molecule has 0 aliphatic carbocycles. The Labute approximate surface area is 123 Å². The number of ether oxygens (including phenoxy) is 1. The van der Waals surface area contributed by atoms with Gasteiger partial charge in [0, 0.05) is 12.6 Å². The lowest BCUT2D eigenvalue weighted by Crippen LogP contribution is -2.41. The Bertz CT molecular complexity index is 614. The van der Waals surface area contributed by atoms with Crippen LogP contribution in [0.15, 0.2) is 29.2 Å². The average molecular weight is 314 g/mol. The number of esters is 1. The Morgan fingerprint density at radius 1 is 1.38 bits per heavy atom. The predicted molar refractivity (Wildman–Crippen MR) is 74.2 cm³/mol. The number of benzene rings is 1. The fourth-order valence-corrected chi connectivity index (χ4v) is 3.99. The highest BCUT2D eigenvalue weighted by Gasteiger charge is 2.44. The van der Waals surface area contributed by atoms with E-state index < -0.39 is 28.1 Å². The topological polar surface area (TPSA) is 95.9 Å². The van der Waals surface area contributed by atoms with Crippen molar-refractivity contribution >= 4 is 16.0 Å².